The topological polar surface area (TPSA) is 66.4 Å². The van der Waals surface area contributed by atoms with Gasteiger partial charge in [-0.05, 0) is 37.5 Å². The maximum atomic E-state index is 12.4. The minimum atomic E-state index is -0.850. The maximum Gasteiger partial charge on any atom is 0.305 e. The quantitative estimate of drug-likeness (QED) is 0.724. The van der Waals surface area contributed by atoms with Gasteiger partial charge in [0.25, 0.3) is 0 Å². The van der Waals surface area contributed by atoms with E-state index in [1.54, 1.807) is 0 Å². The highest BCUT2D eigenvalue weighted by molar-refractivity contribution is 5.81. The molecule has 1 fully saturated rings. The van der Waals surface area contributed by atoms with Crippen LogP contribution in [0.2, 0.25) is 0 Å². The van der Waals surface area contributed by atoms with Crippen LogP contribution in [0.25, 0.3) is 0 Å². The molecule has 0 heterocycles. The fourth-order valence-corrected chi connectivity index (χ4v) is 3.45. The Bertz CT molecular complexity index is 398. The third-order valence-electron chi connectivity index (χ3n) is 4.85. The van der Waals surface area contributed by atoms with Crippen molar-refractivity contribution < 1.29 is 14.7 Å². The van der Waals surface area contributed by atoms with Crippen LogP contribution >= 0.6 is 0 Å². The molecule has 2 aliphatic carbocycles. The number of aliphatic carboxylic acids is 1. The highest BCUT2D eigenvalue weighted by atomic mass is 16.4. The monoisotopic (exact) mass is 265 g/mol. The number of carboxylic acids is 1. The average Bonchev–Trinajstić information content (AvgIpc) is 2.99. The lowest BCUT2D eigenvalue weighted by molar-refractivity contribution is -0.139. The van der Waals surface area contributed by atoms with Gasteiger partial charge < -0.3 is 10.4 Å². The Labute approximate surface area is 114 Å². The van der Waals surface area contributed by atoms with Crippen LogP contribution in [0.15, 0.2) is 12.2 Å². The number of allylic oxidation sites excluding steroid dienone is 2. The van der Waals surface area contributed by atoms with E-state index in [9.17, 15) is 9.59 Å². The molecule has 0 aromatic heterocycles. The molecule has 1 amide bonds. The van der Waals surface area contributed by atoms with Crippen LogP contribution in [0, 0.1) is 17.8 Å². The first-order valence-electron chi connectivity index (χ1n) is 7.22. The molecule has 19 heavy (non-hydrogen) atoms. The standard InChI is InChI=1S/C15H23NO3/c1-3-15(4-2,9-13(17)18)16-14(19)12-8-10-5-6-11(12)7-10/h5-6,10-12H,3-4,7-9H2,1-2H3,(H,16,19)(H,17,18). The molecule has 0 spiro atoms. The van der Waals surface area contributed by atoms with Gasteiger partial charge >= 0.3 is 5.97 Å². The second-order valence-electron chi connectivity index (χ2n) is 5.93. The van der Waals surface area contributed by atoms with E-state index in [0.717, 1.165) is 12.8 Å². The first-order valence-corrected chi connectivity index (χ1v) is 7.22. The molecule has 3 atom stereocenters. The lowest BCUT2D eigenvalue weighted by atomic mass is 9.86. The van der Waals surface area contributed by atoms with E-state index in [0.29, 0.717) is 24.7 Å². The van der Waals surface area contributed by atoms with E-state index >= 15 is 0 Å². The smallest absolute Gasteiger partial charge is 0.305 e. The lowest BCUT2D eigenvalue weighted by Gasteiger charge is -2.33. The number of carboxylic acid groups (broad SMARTS) is 1. The molecule has 0 aromatic rings. The summed E-state index contributed by atoms with van der Waals surface area (Å²) < 4.78 is 0. The molecule has 2 N–H and O–H groups in total. The Kier molecular flexibility index (Phi) is 3.97. The van der Waals surface area contributed by atoms with Crippen LogP contribution in [0.5, 0.6) is 0 Å². The van der Waals surface area contributed by atoms with E-state index < -0.39 is 11.5 Å². The molecule has 2 rings (SSSR count). The van der Waals surface area contributed by atoms with Gasteiger partial charge in [-0.15, -0.1) is 0 Å². The number of hydrogen-bond acceptors (Lipinski definition) is 2. The molecular formula is C15H23NO3. The largest absolute Gasteiger partial charge is 0.481 e. The van der Waals surface area contributed by atoms with Gasteiger partial charge in [0.05, 0.1) is 6.42 Å². The van der Waals surface area contributed by atoms with Gasteiger partial charge in [0.1, 0.15) is 0 Å². The second kappa shape index (κ2) is 5.35. The summed E-state index contributed by atoms with van der Waals surface area (Å²) in [6.45, 7) is 3.88. The predicted molar refractivity (Wildman–Crippen MR) is 72.6 cm³/mol. The van der Waals surface area contributed by atoms with Crippen molar-refractivity contribution >= 4 is 11.9 Å². The second-order valence-corrected chi connectivity index (χ2v) is 5.93. The van der Waals surface area contributed by atoms with E-state index in [1.807, 2.05) is 13.8 Å². The molecular weight excluding hydrogens is 242 g/mol. The van der Waals surface area contributed by atoms with Gasteiger partial charge in [-0.25, -0.2) is 0 Å². The van der Waals surface area contributed by atoms with Crippen molar-refractivity contribution in [2.45, 2.75) is 51.5 Å². The first kappa shape index (κ1) is 14.1. The number of rotatable bonds is 6. The molecule has 3 unspecified atom stereocenters. The van der Waals surface area contributed by atoms with Crippen molar-refractivity contribution in [3.05, 3.63) is 12.2 Å². The predicted octanol–water partition coefficient (Wildman–Crippen LogP) is 2.35. The number of nitrogens with one attached hydrogen (secondary N) is 1. The molecule has 0 radical (unpaired) electrons. The fourth-order valence-electron chi connectivity index (χ4n) is 3.45. The van der Waals surface area contributed by atoms with Gasteiger partial charge in [-0.2, -0.15) is 0 Å². The van der Waals surface area contributed by atoms with Crippen LogP contribution in [0.4, 0.5) is 0 Å². The van der Waals surface area contributed by atoms with Crippen molar-refractivity contribution in [2.75, 3.05) is 0 Å². The van der Waals surface area contributed by atoms with Crippen molar-refractivity contribution in [3.8, 4) is 0 Å². The lowest BCUT2D eigenvalue weighted by Crippen LogP contribution is -2.51. The summed E-state index contributed by atoms with van der Waals surface area (Å²) in [5.74, 6) is 0.152. The molecule has 4 heteroatoms. The Morgan fingerprint density at radius 3 is 2.37 bits per heavy atom. The first-order chi connectivity index (χ1) is 8.99. The SMILES string of the molecule is CCC(CC)(CC(=O)O)NC(=O)C1CC2C=CC1C2. The van der Waals surface area contributed by atoms with Crippen molar-refractivity contribution in [1.82, 2.24) is 5.32 Å². The van der Waals surface area contributed by atoms with Crippen LogP contribution in [0.3, 0.4) is 0 Å². The molecule has 0 aromatic carbocycles. The summed E-state index contributed by atoms with van der Waals surface area (Å²) in [6, 6.07) is 0. The van der Waals surface area contributed by atoms with Crippen LogP contribution < -0.4 is 5.32 Å². The zero-order valence-electron chi connectivity index (χ0n) is 11.7. The Morgan fingerprint density at radius 1 is 1.26 bits per heavy atom. The molecule has 2 bridgehead atoms. The van der Waals surface area contributed by atoms with Gasteiger partial charge in [0.15, 0.2) is 0 Å². The number of fused-ring (bicyclic) bond motifs is 2. The number of amides is 1. The van der Waals surface area contributed by atoms with Gasteiger partial charge in [-0.1, -0.05) is 26.0 Å². The van der Waals surface area contributed by atoms with Crippen LogP contribution in [-0.4, -0.2) is 22.5 Å². The molecule has 1 saturated carbocycles. The summed E-state index contributed by atoms with van der Waals surface area (Å²) in [4.78, 5) is 23.4. The van der Waals surface area contributed by atoms with Crippen molar-refractivity contribution in [2.24, 2.45) is 17.8 Å². The van der Waals surface area contributed by atoms with Gasteiger partial charge in [0, 0.05) is 11.5 Å². The summed E-state index contributed by atoms with van der Waals surface area (Å²) >= 11 is 0. The summed E-state index contributed by atoms with van der Waals surface area (Å²) in [6.07, 6.45) is 7.67. The molecule has 2 aliphatic rings. The summed E-state index contributed by atoms with van der Waals surface area (Å²) in [7, 11) is 0. The Morgan fingerprint density at radius 2 is 1.95 bits per heavy atom. The number of carbonyl (C=O) groups is 2. The van der Waals surface area contributed by atoms with Crippen LogP contribution in [0.1, 0.15) is 46.0 Å². The normalized spacial score (nSPS) is 28.6. The minimum absolute atomic E-state index is 0.00238. The Balaban J connectivity index is 2.03. The third kappa shape index (κ3) is 2.82. The molecule has 0 aliphatic heterocycles. The van der Waals surface area contributed by atoms with Crippen LogP contribution in [-0.2, 0) is 9.59 Å². The third-order valence-corrected chi connectivity index (χ3v) is 4.85. The maximum absolute atomic E-state index is 12.4. The van der Waals surface area contributed by atoms with Gasteiger partial charge in [-0.3, -0.25) is 9.59 Å². The average molecular weight is 265 g/mol. The fraction of sp³-hybridized carbons (Fsp3) is 0.733. The summed E-state index contributed by atoms with van der Waals surface area (Å²) in [5, 5.41) is 12.1. The van der Waals surface area contributed by atoms with E-state index in [-0.39, 0.29) is 18.2 Å². The van der Waals surface area contributed by atoms with Crippen molar-refractivity contribution in [3.63, 3.8) is 0 Å². The van der Waals surface area contributed by atoms with E-state index in [1.165, 1.54) is 0 Å². The van der Waals surface area contributed by atoms with Crippen molar-refractivity contribution in [1.29, 1.82) is 0 Å². The van der Waals surface area contributed by atoms with E-state index in [4.69, 9.17) is 5.11 Å². The van der Waals surface area contributed by atoms with Gasteiger partial charge in [0.2, 0.25) is 5.91 Å². The number of carbonyl (C=O) groups excluding carboxylic acids is 1. The zero-order chi connectivity index (χ0) is 14.0. The minimum Gasteiger partial charge on any atom is -0.481 e. The summed E-state index contributed by atoms with van der Waals surface area (Å²) in [5.41, 5.74) is -0.589. The van der Waals surface area contributed by atoms with E-state index in [2.05, 4.69) is 17.5 Å². The number of hydrogen-bond donors (Lipinski definition) is 2. The zero-order valence-corrected chi connectivity index (χ0v) is 11.7. The molecule has 106 valence electrons. The molecule has 4 nitrogen and oxygen atoms in total. The highest BCUT2D eigenvalue weighted by Gasteiger charge is 2.42. The highest BCUT2D eigenvalue weighted by Crippen LogP contribution is 2.43. The molecule has 0 saturated heterocycles. The Hall–Kier alpha value is -1.32.